The Morgan fingerprint density at radius 2 is 2.20 bits per heavy atom. The molecule has 2 aromatic heterocycles. The van der Waals surface area contributed by atoms with Gasteiger partial charge in [0, 0.05) is 23.9 Å². The van der Waals surface area contributed by atoms with Gasteiger partial charge in [-0.2, -0.15) is 0 Å². The number of aromatic nitrogens is 2. The van der Waals surface area contributed by atoms with Crippen molar-refractivity contribution in [3.05, 3.63) is 23.0 Å². The van der Waals surface area contributed by atoms with Crippen molar-refractivity contribution in [3.63, 3.8) is 0 Å². The summed E-state index contributed by atoms with van der Waals surface area (Å²) in [6.07, 6.45) is 0. The molecule has 20 heavy (non-hydrogen) atoms. The summed E-state index contributed by atoms with van der Waals surface area (Å²) in [6.45, 7) is 3.15. The lowest BCUT2D eigenvalue weighted by Gasteiger charge is -2.00. The monoisotopic (exact) mass is 296 g/mol. The molecule has 0 aliphatic rings. The van der Waals surface area contributed by atoms with Crippen LogP contribution in [0.3, 0.4) is 0 Å². The number of hydrogen-bond donors (Lipinski definition) is 0. The Bertz CT molecular complexity index is 605. The molecule has 0 unspecified atom stereocenters. The van der Waals surface area contributed by atoms with Gasteiger partial charge >= 0.3 is 11.9 Å². The first-order valence-electron chi connectivity index (χ1n) is 5.82. The largest absolute Gasteiger partial charge is 0.460 e. The van der Waals surface area contributed by atoms with Gasteiger partial charge in [-0.3, -0.25) is 4.79 Å². The van der Waals surface area contributed by atoms with Crippen LogP contribution in [0.25, 0.3) is 11.3 Å². The van der Waals surface area contributed by atoms with Crippen molar-refractivity contribution in [2.24, 2.45) is 0 Å². The van der Waals surface area contributed by atoms with E-state index in [1.54, 1.807) is 12.3 Å². The summed E-state index contributed by atoms with van der Waals surface area (Å²) in [7, 11) is 0. The minimum atomic E-state index is -0.578. The van der Waals surface area contributed by atoms with Crippen LogP contribution in [0, 0.1) is 0 Å². The van der Waals surface area contributed by atoms with Gasteiger partial charge in [-0.05, 0) is 18.5 Å². The maximum Gasteiger partial charge on any atom is 0.374 e. The first kappa shape index (κ1) is 14.2. The van der Waals surface area contributed by atoms with Crippen molar-refractivity contribution in [2.75, 3.05) is 6.61 Å². The van der Waals surface area contributed by atoms with E-state index in [1.165, 1.54) is 24.5 Å². The van der Waals surface area contributed by atoms with Crippen molar-refractivity contribution in [3.8, 4) is 11.3 Å². The number of furan rings is 1. The molecular formula is C12H12N2O5S. The Hall–Kier alpha value is -2.22. The number of ether oxygens (including phenoxy) is 2. The van der Waals surface area contributed by atoms with Crippen molar-refractivity contribution in [2.45, 2.75) is 20.5 Å². The van der Waals surface area contributed by atoms with Gasteiger partial charge in [0.2, 0.25) is 5.76 Å². The summed E-state index contributed by atoms with van der Waals surface area (Å²) in [5.74, 6) is -0.652. The molecule has 0 atom stereocenters. The summed E-state index contributed by atoms with van der Waals surface area (Å²) in [4.78, 5) is 22.5. The van der Waals surface area contributed by atoms with E-state index in [9.17, 15) is 9.59 Å². The smallest absolute Gasteiger partial charge is 0.374 e. The second kappa shape index (κ2) is 6.29. The zero-order chi connectivity index (χ0) is 14.5. The van der Waals surface area contributed by atoms with Crippen molar-refractivity contribution < 1.29 is 23.5 Å². The van der Waals surface area contributed by atoms with Gasteiger partial charge in [0.1, 0.15) is 12.3 Å². The first-order chi connectivity index (χ1) is 9.61. The van der Waals surface area contributed by atoms with E-state index < -0.39 is 11.9 Å². The van der Waals surface area contributed by atoms with Crippen LogP contribution in [0.2, 0.25) is 0 Å². The third-order valence-electron chi connectivity index (χ3n) is 2.33. The topological polar surface area (TPSA) is 91.5 Å². The fraction of sp³-hybridized carbons (Fsp3) is 0.333. The molecule has 0 aliphatic heterocycles. The molecule has 2 rings (SSSR count). The van der Waals surface area contributed by atoms with Gasteiger partial charge in [0.25, 0.3) is 0 Å². The summed E-state index contributed by atoms with van der Waals surface area (Å²) >= 11 is 1.17. The van der Waals surface area contributed by atoms with Crippen LogP contribution in [0.15, 0.2) is 15.9 Å². The fourth-order valence-electron chi connectivity index (χ4n) is 1.50. The van der Waals surface area contributed by atoms with Gasteiger partial charge in [0.15, 0.2) is 5.76 Å². The lowest BCUT2D eigenvalue weighted by Crippen LogP contribution is -2.03. The summed E-state index contributed by atoms with van der Waals surface area (Å²) < 4.78 is 18.9. The number of nitrogens with zero attached hydrogens (tertiary/aromatic N) is 2. The molecule has 2 heterocycles. The number of esters is 2. The highest BCUT2D eigenvalue weighted by Gasteiger charge is 2.20. The number of rotatable bonds is 5. The third-order valence-corrected chi connectivity index (χ3v) is 2.83. The van der Waals surface area contributed by atoms with Gasteiger partial charge in [-0.15, -0.1) is 5.10 Å². The Morgan fingerprint density at radius 3 is 2.80 bits per heavy atom. The highest BCUT2D eigenvalue weighted by Crippen LogP contribution is 2.27. The van der Waals surface area contributed by atoms with Gasteiger partial charge in [-0.1, -0.05) is 4.49 Å². The minimum Gasteiger partial charge on any atom is -0.460 e. The number of carbonyl (C=O) groups is 2. The zero-order valence-electron chi connectivity index (χ0n) is 10.9. The lowest BCUT2D eigenvalue weighted by molar-refractivity contribution is -0.142. The summed E-state index contributed by atoms with van der Waals surface area (Å²) in [5.41, 5.74) is 1.11. The van der Waals surface area contributed by atoms with Crippen molar-refractivity contribution in [1.82, 2.24) is 9.59 Å². The molecule has 0 bridgehead atoms. The maximum atomic E-state index is 11.7. The Morgan fingerprint density at radius 1 is 1.40 bits per heavy atom. The molecule has 0 aliphatic carbocycles. The van der Waals surface area contributed by atoms with E-state index in [1.807, 2.05) is 0 Å². The van der Waals surface area contributed by atoms with Crippen LogP contribution in [0.5, 0.6) is 0 Å². The second-order valence-corrected chi connectivity index (χ2v) is 4.35. The fourth-order valence-corrected chi connectivity index (χ4v) is 1.96. The average Bonchev–Trinajstić information content (AvgIpc) is 3.05. The van der Waals surface area contributed by atoms with Crippen LogP contribution in [0.1, 0.15) is 30.2 Å². The molecule has 0 saturated heterocycles. The van der Waals surface area contributed by atoms with E-state index >= 15 is 0 Å². The molecular weight excluding hydrogens is 284 g/mol. The highest BCUT2D eigenvalue weighted by atomic mass is 32.1. The van der Waals surface area contributed by atoms with E-state index in [0.29, 0.717) is 17.0 Å². The highest BCUT2D eigenvalue weighted by molar-refractivity contribution is 7.03. The van der Waals surface area contributed by atoms with Crippen molar-refractivity contribution >= 4 is 23.5 Å². The molecule has 2 aromatic rings. The van der Waals surface area contributed by atoms with E-state index in [2.05, 4.69) is 9.59 Å². The van der Waals surface area contributed by atoms with Crippen LogP contribution in [0.4, 0.5) is 0 Å². The molecule has 0 aromatic carbocycles. The summed E-state index contributed by atoms with van der Waals surface area (Å²) in [6, 6.07) is 1.51. The molecule has 0 fully saturated rings. The first-order valence-corrected chi connectivity index (χ1v) is 6.66. The van der Waals surface area contributed by atoms with E-state index in [-0.39, 0.29) is 19.0 Å². The van der Waals surface area contributed by atoms with Crippen LogP contribution < -0.4 is 0 Å². The molecule has 7 nitrogen and oxygen atoms in total. The SMILES string of the molecule is CCOC(=O)c1cc(-c2csnn2)c(COC(C)=O)o1. The van der Waals surface area contributed by atoms with Crippen LogP contribution >= 0.6 is 11.5 Å². The summed E-state index contributed by atoms with van der Waals surface area (Å²) in [5, 5.41) is 5.61. The number of hydrogen-bond acceptors (Lipinski definition) is 8. The van der Waals surface area contributed by atoms with E-state index in [0.717, 1.165) is 0 Å². The Balaban J connectivity index is 2.32. The average molecular weight is 296 g/mol. The Kier molecular flexibility index (Phi) is 4.46. The lowest BCUT2D eigenvalue weighted by atomic mass is 10.2. The molecule has 0 radical (unpaired) electrons. The second-order valence-electron chi connectivity index (χ2n) is 3.74. The van der Waals surface area contributed by atoms with Gasteiger partial charge in [0.05, 0.1) is 6.61 Å². The van der Waals surface area contributed by atoms with Crippen LogP contribution in [-0.2, 0) is 20.9 Å². The van der Waals surface area contributed by atoms with Crippen molar-refractivity contribution in [1.29, 1.82) is 0 Å². The van der Waals surface area contributed by atoms with Gasteiger partial charge < -0.3 is 13.9 Å². The van der Waals surface area contributed by atoms with E-state index in [4.69, 9.17) is 13.9 Å². The molecule has 106 valence electrons. The van der Waals surface area contributed by atoms with Gasteiger partial charge in [-0.25, -0.2) is 4.79 Å². The molecule has 0 amide bonds. The third kappa shape index (κ3) is 3.21. The maximum absolute atomic E-state index is 11.7. The number of carbonyl (C=O) groups excluding carboxylic acids is 2. The normalized spacial score (nSPS) is 10.3. The standard InChI is InChI=1S/C12H12N2O5S/c1-3-17-12(16)10-4-8(9-6-20-14-13-9)11(19-10)5-18-7(2)15/h4,6H,3,5H2,1-2H3. The molecule has 0 spiro atoms. The predicted octanol–water partition coefficient (Wildman–Crippen LogP) is 2.04. The Labute approximate surface area is 118 Å². The quantitative estimate of drug-likeness (QED) is 0.779. The molecule has 0 N–H and O–H groups in total. The predicted molar refractivity (Wildman–Crippen MR) is 69.0 cm³/mol. The minimum absolute atomic E-state index is 0.0389. The van der Waals surface area contributed by atoms with Crippen LogP contribution in [-0.4, -0.2) is 28.1 Å². The zero-order valence-corrected chi connectivity index (χ0v) is 11.7. The molecule has 8 heteroatoms. The molecule has 0 saturated carbocycles.